The number of aldehydes is 1. The van der Waals surface area contributed by atoms with Crippen molar-refractivity contribution in [2.24, 2.45) is 0 Å². The molecule has 0 aliphatic heterocycles. The first-order chi connectivity index (χ1) is 10.1. The summed E-state index contributed by atoms with van der Waals surface area (Å²) in [6, 6.07) is 11.5. The minimum absolute atomic E-state index is 0.258. The molecule has 0 atom stereocenters. The molecule has 2 rings (SSSR count). The molecule has 1 amide bonds. The summed E-state index contributed by atoms with van der Waals surface area (Å²) in [5.74, 6) is -0.0846. The molecule has 2 aromatic rings. The van der Waals surface area contributed by atoms with E-state index in [0.29, 0.717) is 33.3 Å². The van der Waals surface area contributed by atoms with E-state index in [9.17, 15) is 9.59 Å². The maximum atomic E-state index is 11.8. The second-order valence-corrected chi connectivity index (χ2v) is 4.90. The van der Waals surface area contributed by atoms with Gasteiger partial charge in [0.05, 0.1) is 21.3 Å². The molecule has 108 valence electrons. The first-order valence-corrected chi connectivity index (χ1v) is 6.78. The molecular formula is C15H11Cl2NO3. The van der Waals surface area contributed by atoms with E-state index < -0.39 is 5.91 Å². The normalized spacial score (nSPS) is 10.0. The smallest absolute Gasteiger partial charge is 0.262 e. The van der Waals surface area contributed by atoms with E-state index in [0.717, 1.165) is 0 Å². The summed E-state index contributed by atoms with van der Waals surface area (Å²) in [7, 11) is 0. The lowest BCUT2D eigenvalue weighted by atomic mass is 10.2. The van der Waals surface area contributed by atoms with Crippen LogP contribution in [0.25, 0.3) is 0 Å². The van der Waals surface area contributed by atoms with Gasteiger partial charge in [-0.25, -0.2) is 0 Å². The van der Waals surface area contributed by atoms with Crippen molar-refractivity contribution in [2.45, 2.75) is 0 Å². The highest BCUT2D eigenvalue weighted by molar-refractivity contribution is 6.39. The average Bonchev–Trinajstić information content (AvgIpc) is 2.49. The minimum atomic E-state index is -0.425. The Morgan fingerprint density at radius 2 is 1.76 bits per heavy atom. The second-order valence-electron chi connectivity index (χ2n) is 4.09. The third kappa shape index (κ3) is 3.97. The summed E-state index contributed by atoms with van der Waals surface area (Å²) in [5.41, 5.74) is 0.708. The average molecular weight is 324 g/mol. The van der Waals surface area contributed by atoms with Crippen molar-refractivity contribution in [3.8, 4) is 5.75 Å². The van der Waals surface area contributed by atoms with Crippen LogP contribution in [0.3, 0.4) is 0 Å². The van der Waals surface area contributed by atoms with Gasteiger partial charge in [-0.3, -0.25) is 9.59 Å². The van der Waals surface area contributed by atoms with Crippen LogP contribution in [0.4, 0.5) is 5.69 Å². The lowest BCUT2D eigenvalue weighted by Gasteiger charge is -2.11. The third-order valence-electron chi connectivity index (χ3n) is 2.63. The monoisotopic (exact) mass is 323 g/mol. The Kier molecular flexibility index (Phi) is 5.20. The van der Waals surface area contributed by atoms with E-state index in [1.165, 1.54) is 0 Å². The predicted molar refractivity (Wildman–Crippen MR) is 82.4 cm³/mol. The zero-order valence-corrected chi connectivity index (χ0v) is 12.3. The number of amides is 1. The van der Waals surface area contributed by atoms with Crippen molar-refractivity contribution in [1.29, 1.82) is 0 Å². The Balaban J connectivity index is 2.01. The van der Waals surface area contributed by atoms with Gasteiger partial charge in [-0.15, -0.1) is 0 Å². The molecule has 6 heteroatoms. The Morgan fingerprint density at radius 1 is 1.10 bits per heavy atom. The molecule has 21 heavy (non-hydrogen) atoms. The number of hydrogen-bond donors (Lipinski definition) is 1. The van der Waals surface area contributed by atoms with Crippen molar-refractivity contribution in [1.82, 2.24) is 0 Å². The maximum Gasteiger partial charge on any atom is 0.262 e. The van der Waals surface area contributed by atoms with Crippen LogP contribution in [0.1, 0.15) is 10.4 Å². The lowest BCUT2D eigenvalue weighted by Crippen LogP contribution is -2.20. The Morgan fingerprint density at radius 3 is 2.43 bits per heavy atom. The van der Waals surface area contributed by atoms with Crippen LogP contribution in [0.5, 0.6) is 5.75 Å². The van der Waals surface area contributed by atoms with Crippen molar-refractivity contribution < 1.29 is 14.3 Å². The maximum absolute atomic E-state index is 11.8. The molecule has 2 aromatic carbocycles. The fourth-order valence-electron chi connectivity index (χ4n) is 1.65. The van der Waals surface area contributed by atoms with Gasteiger partial charge in [0.2, 0.25) is 0 Å². The number of rotatable bonds is 5. The van der Waals surface area contributed by atoms with Crippen LogP contribution in [-0.2, 0) is 4.79 Å². The van der Waals surface area contributed by atoms with Gasteiger partial charge in [0.1, 0.15) is 5.75 Å². The molecule has 0 unspecified atom stereocenters. The highest BCUT2D eigenvalue weighted by atomic mass is 35.5. The summed E-state index contributed by atoms with van der Waals surface area (Å²) >= 11 is 11.9. The van der Waals surface area contributed by atoms with Crippen LogP contribution < -0.4 is 10.1 Å². The molecule has 0 heterocycles. The fourth-order valence-corrected chi connectivity index (χ4v) is 2.14. The number of para-hydroxylation sites is 2. The predicted octanol–water partition coefficient (Wildman–Crippen LogP) is 3.82. The van der Waals surface area contributed by atoms with Gasteiger partial charge in [-0.05, 0) is 24.3 Å². The van der Waals surface area contributed by atoms with Crippen LogP contribution >= 0.6 is 23.2 Å². The quantitative estimate of drug-likeness (QED) is 0.851. The molecule has 1 N–H and O–H groups in total. The summed E-state index contributed by atoms with van der Waals surface area (Å²) < 4.78 is 5.31. The molecule has 0 radical (unpaired) electrons. The Hall–Kier alpha value is -2.04. The number of benzene rings is 2. The van der Waals surface area contributed by atoms with Crippen LogP contribution in [0, 0.1) is 0 Å². The summed E-state index contributed by atoms with van der Waals surface area (Å²) in [6.07, 6.45) is 0.665. The summed E-state index contributed by atoms with van der Waals surface area (Å²) in [5, 5.41) is 3.24. The van der Waals surface area contributed by atoms with E-state index >= 15 is 0 Å². The Bertz CT molecular complexity index is 653. The number of nitrogens with one attached hydrogen (secondary N) is 1. The van der Waals surface area contributed by atoms with Crippen molar-refractivity contribution in [3.63, 3.8) is 0 Å². The van der Waals surface area contributed by atoms with E-state index in [2.05, 4.69) is 5.32 Å². The Labute approximate surface area is 131 Å². The molecule has 0 spiro atoms. The van der Waals surface area contributed by atoms with E-state index in [-0.39, 0.29) is 6.61 Å². The largest absolute Gasteiger partial charge is 0.483 e. The van der Waals surface area contributed by atoms with Crippen LogP contribution in [-0.4, -0.2) is 18.8 Å². The van der Waals surface area contributed by atoms with Crippen LogP contribution in [0.15, 0.2) is 42.5 Å². The van der Waals surface area contributed by atoms with Gasteiger partial charge in [0, 0.05) is 0 Å². The molecule has 4 nitrogen and oxygen atoms in total. The van der Waals surface area contributed by atoms with E-state index in [4.69, 9.17) is 27.9 Å². The lowest BCUT2D eigenvalue weighted by molar-refractivity contribution is -0.118. The number of hydrogen-bond acceptors (Lipinski definition) is 3. The van der Waals surface area contributed by atoms with Gasteiger partial charge in [-0.2, -0.15) is 0 Å². The molecule has 0 saturated carbocycles. The molecular weight excluding hydrogens is 313 g/mol. The third-order valence-corrected chi connectivity index (χ3v) is 3.26. The van der Waals surface area contributed by atoms with Crippen molar-refractivity contribution >= 4 is 41.1 Å². The van der Waals surface area contributed by atoms with E-state index in [1.807, 2.05) is 0 Å². The van der Waals surface area contributed by atoms with Gasteiger partial charge in [0.15, 0.2) is 12.9 Å². The van der Waals surface area contributed by atoms with Gasteiger partial charge < -0.3 is 10.1 Å². The number of ether oxygens (including phenoxy) is 1. The molecule has 0 aliphatic rings. The van der Waals surface area contributed by atoms with Crippen molar-refractivity contribution in [3.05, 3.63) is 58.1 Å². The highest BCUT2D eigenvalue weighted by Gasteiger charge is 2.11. The number of anilines is 1. The van der Waals surface area contributed by atoms with Crippen LogP contribution in [0.2, 0.25) is 10.0 Å². The minimum Gasteiger partial charge on any atom is -0.483 e. The van der Waals surface area contributed by atoms with Crippen molar-refractivity contribution in [2.75, 3.05) is 11.9 Å². The number of halogens is 2. The second kappa shape index (κ2) is 7.11. The first kappa shape index (κ1) is 15.4. The zero-order chi connectivity index (χ0) is 15.2. The molecule has 0 aromatic heterocycles. The molecule has 0 fully saturated rings. The molecule has 0 bridgehead atoms. The molecule has 0 aliphatic carbocycles. The summed E-state index contributed by atoms with van der Waals surface area (Å²) in [6.45, 7) is -0.258. The molecule has 0 saturated heterocycles. The number of carbonyl (C=O) groups excluding carboxylic acids is 2. The highest BCUT2D eigenvalue weighted by Crippen LogP contribution is 2.29. The topological polar surface area (TPSA) is 55.4 Å². The SMILES string of the molecule is O=Cc1ccccc1OCC(=O)Nc1c(Cl)cccc1Cl. The van der Waals surface area contributed by atoms with Gasteiger partial charge in [0.25, 0.3) is 5.91 Å². The standard InChI is InChI=1S/C15H11Cl2NO3/c16-11-5-3-6-12(17)15(11)18-14(20)9-21-13-7-2-1-4-10(13)8-19/h1-8H,9H2,(H,18,20). The fraction of sp³-hybridized carbons (Fsp3) is 0.0667. The van der Waals surface area contributed by atoms with E-state index in [1.54, 1.807) is 42.5 Å². The number of carbonyl (C=O) groups is 2. The first-order valence-electron chi connectivity index (χ1n) is 6.02. The zero-order valence-electron chi connectivity index (χ0n) is 10.8. The van der Waals surface area contributed by atoms with Gasteiger partial charge >= 0.3 is 0 Å². The summed E-state index contributed by atoms with van der Waals surface area (Å²) in [4.78, 5) is 22.7. The van der Waals surface area contributed by atoms with Gasteiger partial charge in [-0.1, -0.05) is 41.4 Å².